The number of aliphatic hydroxyl groups is 1. The van der Waals surface area contributed by atoms with Gasteiger partial charge in [-0.1, -0.05) is 31.0 Å². The molecule has 0 radical (unpaired) electrons. The minimum atomic E-state index is -0.404. The second-order valence-corrected chi connectivity index (χ2v) is 4.72. The summed E-state index contributed by atoms with van der Waals surface area (Å²) in [5.41, 5.74) is 1.93. The van der Waals surface area contributed by atoms with Crippen molar-refractivity contribution in [2.45, 2.75) is 25.4 Å². The lowest BCUT2D eigenvalue weighted by molar-refractivity contribution is 0.156. The van der Waals surface area contributed by atoms with E-state index in [2.05, 4.69) is 5.10 Å². The van der Waals surface area contributed by atoms with Gasteiger partial charge in [-0.3, -0.25) is 4.68 Å². The van der Waals surface area contributed by atoms with Gasteiger partial charge < -0.3 is 5.11 Å². The maximum absolute atomic E-state index is 10.2. The van der Waals surface area contributed by atoms with Gasteiger partial charge in [-0.2, -0.15) is 5.10 Å². The monoisotopic (exact) mass is 216 g/mol. The van der Waals surface area contributed by atoms with Crippen molar-refractivity contribution in [3.05, 3.63) is 30.0 Å². The number of nitrogens with zero attached hydrogens (tertiary/aromatic N) is 2. The van der Waals surface area contributed by atoms with E-state index < -0.39 is 6.10 Å². The van der Waals surface area contributed by atoms with Gasteiger partial charge in [-0.15, -0.1) is 0 Å². The van der Waals surface area contributed by atoms with Gasteiger partial charge in [-0.25, -0.2) is 0 Å². The van der Waals surface area contributed by atoms with Crippen LogP contribution in [0.3, 0.4) is 0 Å². The van der Waals surface area contributed by atoms with Gasteiger partial charge in [0.1, 0.15) is 0 Å². The fraction of sp³-hybridized carbons (Fsp3) is 0.462. The highest BCUT2D eigenvalue weighted by atomic mass is 16.3. The van der Waals surface area contributed by atoms with E-state index in [9.17, 15) is 5.11 Å². The summed E-state index contributed by atoms with van der Waals surface area (Å²) in [7, 11) is 1.93. The molecule has 2 aromatic rings. The van der Waals surface area contributed by atoms with Gasteiger partial charge >= 0.3 is 0 Å². The van der Waals surface area contributed by atoms with Gasteiger partial charge in [0.25, 0.3) is 0 Å². The topological polar surface area (TPSA) is 38.0 Å². The Kier molecular flexibility index (Phi) is 2.21. The van der Waals surface area contributed by atoms with Crippen LogP contribution in [0.25, 0.3) is 10.9 Å². The largest absolute Gasteiger partial charge is 0.387 e. The van der Waals surface area contributed by atoms with E-state index in [4.69, 9.17) is 0 Å². The van der Waals surface area contributed by atoms with Crippen molar-refractivity contribution in [3.63, 3.8) is 0 Å². The highest BCUT2D eigenvalue weighted by Crippen LogP contribution is 2.38. The van der Waals surface area contributed by atoms with Crippen LogP contribution < -0.4 is 0 Å². The van der Waals surface area contributed by atoms with Crippen molar-refractivity contribution in [2.24, 2.45) is 13.0 Å². The molecule has 1 aromatic heterocycles. The molecule has 1 unspecified atom stereocenters. The van der Waals surface area contributed by atoms with Crippen LogP contribution in [-0.2, 0) is 7.05 Å². The van der Waals surface area contributed by atoms with Crippen molar-refractivity contribution in [3.8, 4) is 0 Å². The number of rotatable bonds is 3. The molecule has 3 rings (SSSR count). The average Bonchev–Trinajstić information content (AvgIpc) is 3.03. The maximum atomic E-state index is 10.2. The minimum Gasteiger partial charge on any atom is -0.387 e. The Balaban J connectivity index is 2.01. The molecule has 0 bridgehead atoms. The molecule has 1 fully saturated rings. The number of aliphatic hydroxyl groups excluding tert-OH is 1. The van der Waals surface area contributed by atoms with Gasteiger partial charge in [0.05, 0.1) is 17.3 Å². The van der Waals surface area contributed by atoms with Crippen LogP contribution in [0, 0.1) is 5.92 Å². The first-order valence-corrected chi connectivity index (χ1v) is 5.85. The Morgan fingerprint density at radius 3 is 2.94 bits per heavy atom. The first-order chi connectivity index (χ1) is 7.75. The number of fused-ring (bicyclic) bond motifs is 1. The van der Waals surface area contributed by atoms with Gasteiger partial charge in [0, 0.05) is 12.4 Å². The highest BCUT2D eigenvalue weighted by Gasteiger charge is 2.27. The Morgan fingerprint density at radius 2 is 2.19 bits per heavy atom. The number of aromatic nitrogens is 2. The number of hydrogen-bond donors (Lipinski definition) is 1. The second kappa shape index (κ2) is 3.59. The predicted octanol–water partition coefficient (Wildman–Crippen LogP) is 2.41. The normalized spacial score (nSPS) is 17.9. The molecule has 1 N–H and O–H groups in total. The number of aryl methyl sites for hydroxylation is 1. The molecule has 3 heteroatoms. The highest BCUT2D eigenvalue weighted by molar-refractivity contribution is 5.82. The lowest BCUT2D eigenvalue weighted by atomic mass is 10.1. The van der Waals surface area contributed by atoms with E-state index in [0.29, 0.717) is 0 Å². The lowest BCUT2D eigenvalue weighted by Crippen LogP contribution is -2.01. The van der Waals surface area contributed by atoms with Gasteiger partial charge in [0.15, 0.2) is 0 Å². The summed E-state index contributed by atoms with van der Waals surface area (Å²) in [5, 5.41) is 15.7. The predicted molar refractivity (Wildman–Crippen MR) is 63.0 cm³/mol. The molecule has 1 aliphatic rings. The minimum absolute atomic E-state index is 0.404. The van der Waals surface area contributed by atoms with Crippen LogP contribution in [0.5, 0.6) is 0 Å². The lowest BCUT2D eigenvalue weighted by Gasteiger charge is -2.06. The van der Waals surface area contributed by atoms with Crippen LogP contribution in [0.15, 0.2) is 24.3 Å². The standard InChI is InChI=1S/C13H16N2O/c1-15-11-5-3-2-4-10(11)13(14-15)12(16)8-9-6-7-9/h2-5,9,12,16H,6-8H2,1H3. The summed E-state index contributed by atoms with van der Waals surface area (Å²) < 4.78 is 1.85. The molecule has 1 aliphatic carbocycles. The van der Waals surface area contributed by atoms with E-state index in [1.807, 2.05) is 36.0 Å². The van der Waals surface area contributed by atoms with Crippen LogP contribution in [0.2, 0.25) is 0 Å². The fourth-order valence-corrected chi connectivity index (χ4v) is 2.27. The fourth-order valence-electron chi connectivity index (χ4n) is 2.27. The van der Waals surface area contributed by atoms with Crippen molar-refractivity contribution < 1.29 is 5.11 Å². The second-order valence-electron chi connectivity index (χ2n) is 4.72. The number of benzene rings is 1. The number of para-hydroxylation sites is 1. The van der Waals surface area contributed by atoms with E-state index in [1.165, 1.54) is 12.8 Å². The zero-order valence-electron chi connectivity index (χ0n) is 9.43. The van der Waals surface area contributed by atoms with Crippen molar-refractivity contribution in [2.75, 3.05) is 0 Å². The zero-order valence-corrected chi connectivity index (χ0v) is 9.43. The molecule has 0 spiro atoms. The Morgan fingerprint density at radius 1 is 1.44 bits per heavy atom. The Bertz CT molecular complexity index is 514. The van der Waals surface area contributed by atoms with Crippen LogP contribution in [0.1, 0.15) is 31.1 Å². The van der Waals surface area contributed by atoms with E-state index >= 15 is 0 Å². The van der Waals surface area contributed by atoms with E-state index in [-0.39, 0.29) is 0 Å². The molecule has 1 heterocycles. The maximum Gasteiger partial charge on any atom is 0.0988 e. The van der Waals surface area contributed by atoms with E-state index in [1.54, 1.807) is 0 Å². The summed E-state index contributed by atoms with van der Waals surface area (Å²) in [6.07, 6.45) is 2.99. The average molecular weight is 216 g/mol. The third-order valence-corrected chi connectivity index (χ3v) is 3.36. The van der Waals surface area contributed by atoms with Crippen molar-refractivity contribution in [1.82, 2.24) is 9.78 Å². The molecule has 0 aliphatic heterocycles. The van der Waals surface area contributed by atoms with Crippen molar-refractivity contribution >= 4 is 10.9 Å². The van der Waals surface area contributed by atoms with E-state index in [0.717, 1.165) is 28.9 Å². The molecular weight excluding hydrogens is 200 g/mol. The molecule has 84 valence electrons. The molecule has 0 saturated heterocycles. The molecule has 16 heavy (non-hydrogen) atoms. The first-order valence-electron chi connectivity index (χ1n) is 5.85. The summed E-state index contributed by atoms with van der Waals surface area (Å²) in [5.74, 6) is 0.718. The van der Waals surface area contributed by atoms with Crippen LogP contribution in [-0.4, -0.2) is 14.9 Å². The van der Waals surface area contributed by atoms with Crippen molar-refractivity contribution in [1.29, 1.82) is 0 Å². The summed E-state index contributed by atoms with van der Waals surface area (Å²) in [6, 6.07) is 8.07. The molecule has 1 atom stereocenters. The summed E-state index contributed by atoms with van der Waals surface area (Å²) >= 11 is 0. The third kappa shape index (κ3) is 1.61. The molecule has 1 aromatic carbocycles. The summed E-state index contributed by atoms with van der Waals surface area (Å²) in [6.45, 7) is 0. The smallest absolute Gasteiger partial charge is 0.0988 e. The molecule has 0 amide bonds. The quantitative estimate of drug-likeness (QED) is 0.855. The molecule has 1 saturated carbocycles. The van der Waals surface area contributed by atoms with Gasteiger partial charge in [-0.05, 0) is 18.4 Å². The van der Waals surface area contributed by atoms with Crippen LogP contribution in [0.4, 0.5) is 0 Å². The van der Waals surface area contributed by atoms with Gasteiger partial charge in [0.2, 0.25) is 0 Å². The third-order valence-electron chi connectivity index (χ3n) is 3.36. The Hall–Kier alpha value is -1.35. The molecular formula is C13H16N2O. The molecule has 3 nitrogen and oxygen atoms in total. The number of hydrogen-bond acceptors (Lipinski definition) is 2. The zero-order chi connectivity index (χ0) is 11.1. The van der Waals surface area contributed by atoms with Crippen LogP contribution >= 0.6 is 0 Å². The summed E-state index contributed by atoms with van der Waals surface area (Å²) in [4.78, 5) is 0. The first kappa shape index (κ1) is 9.85. The Labute approximate surface area is 94.7 Å². The SMILES string of the molecule is Cn1nc(C(O)CC2CC2)c2ccccc21.